The summed E-state index contributed by atoms with van der Waals surface area (Å²) in [6.45, 7) is 7.91. The predicted octanol–water partition coefficient (Wildman–Crippen LogP) is 3.69. The smallest absolute Gasteiger partial charge is 0.407 e. The molecule has 61 heavy (non-hydrogen) atoms. The summed E-state index contributed by atoms with van der Waals surface area (Å²) in [6, 6.07) is 5.28. The molecular weight excluding hydrogens is 829 g/mol. The topological polar surface area (TPSA) is 190 Å². The maximum Gasteiger partial charge on any atom is 0.407 e. The highest BCUT2D eigenvalue weighted by atomic mass is 32.2. The first-order valence-electron chi connectivity index (χ1n) is 20.1. The van der Waals surface area contributed by atoms with Gasteiger partial charge in [0.05, 0.1) is 49.4 Å². The van der Waals surface area contributed by atoms with Crippen LogP contribution in [0.2, 0.25) is 0 Å². The number of ketones is 1. The molecule has 4 N–H and O–H groups in total. The third-order valence-corrected chi connectivity index (χ3v) is 13.2. The van der Waals surface area contributed by atoms with Crippen molar-refractivity contribution < 1.29 is 62.5 Å². The summed E-state index contributed by atoms with van der Waals surface area (Å²) in [5, 5.41) is 27.7. The maximum absolute atomic E-state index is 13.8. The zero-order chi connectivity index (χ0) is 43.8. The van der Waals surface area contributed by atoms with Crippen LogP contribution in [0.1, 0.15) is 52.4 Å². The minimum Gasteiger partial charge on any atom is -0.508 e. The van der Waals surface area contributed by atoms with Crippen molar-refractivity contribution >= 4 is 40.5 Å². The zero-order valence-corrected chi connectivity index (χ0v) is 36.8. The fraction of sp³-hybridized carbons (Fsp3) is 0.568. The van der Waals surface area contributed by atoms with Gasteiger partial charge in [0, 0.05) is 55.4 Å². The highest BCUT2D eigenvalue weighted by Gasteiger charge is 2.61. The lowest BCUT2D eigenvalue weighted by molar-refractivity contribution is -0.367. The van der Waals surface area contributed by atoms with Crippen molar-refractivity contribution in [1.29, 1.82) is 0 Å². The first kappa shape index (κ1) is 46.8. The summed E-state index contributed by atoms with van der Waals surface area (Å²) >= 11 is 2.52. The lowest BCUT2D eigenvalue weighted by Gasteiger charge is -2.56. The van der Waals surface area contributed by atoms with Crippen LogP contribution in [0.3, 0.4) is 0 Å². The van der Waals surface area contributed by atoms with Crippen LogP contribution in [0.25, 0.3) is 0 Å². The number of carbonyl (C=O) groups excluding carboxylic acids is 3. The van der Waals surface area contributed by atoms with Gasteiger partial charge in [0.15, 0.2) is 29.8 Å². The lowest BCUT2D eigenvalue weighted by Crippen LogP contribution is -2.70. The second-order valence-corrected chi connectivity index (χ2v) is 17.7. The molecule has 1 amide bonds. The Morgan fingerprint density at radius 1 is 1.10 bits per heavy atom. The number of aliphatic hydroxyl groups is 1. The molecule has 2 aliphatic carbocycles. The van der Waals surface area contributed by atoms with E-state index in [1.54, 1.807) is 37.5 Å². The second kappa shape index (κ2) is 21.1. The molecule has 0 radical (unpaired) electrons. The summed E-state index contributed by atoms with van der Waals surface area (Å²) in [7, 11) is 2.82. The molecule has 1 aromatic rings. The van der Waals surface area contributed by atoms with Crippen LogP contribution >= 0.6 is 23.5 Å². The SMILES string of the molecule is COC(=O)NC1C(=O)C[C@H](O)/C(=C/CSC(C)=O)C2=C1C#C/C=C\C#C[C@@H]2OC1OC(C)C2(SC)COC(c3ccc(O)cc3)OC2C1OC1CC(OC)C(NC(C)C)CO1. The highest BCUT2D eigenvalue weighted by Crippen LogP contribution is 2.49. The average molecular weight is 883 g/mol. The molecule has 330 valence electrons. The molecule has 12 atom stereocenters. The van der Waals surface area contributed by atoms with E-state index in [9.17, 15) is 24.6 Å². The maximum atomic E-state index is 13.8. The van der Waals surface area contributed by atoms with Crippen LogP contribution in [0.4, 0.5) is 4.79 Å². The van der Waals surface area contributed by atoms with E-state index in [0.717, 1.165) is 11.8 Å². The van der Waals surface area contributed by atoms with Crippen molar-refractivity contribution in [1.82, 2.24) is 10.6 Å². The monoisotopic (exact) mass is 882 g/mol. The van der Waals surface area contributed by atoms with Gasteiger partial charge >= 0.3 is 6.09 Å². The van der Waals surface area contributed by atoms with Gasteiger partial charge in [-0.25, -0.2) is 4.79 Å². The molecule has 17 heteroatoms. The molecule has 3 fully saturated rings. The van der Waals surface area contributed by atoms with Crippen LogP contribution in [0.5, 0.6) is 5.75 Å². The first-order valence-corrected chi connectivity index (χ1v) is 22.3. The number of ether oxygens (including phenoxy) is 8. The number of phenols is 1. The molecule has 0 aromatic heterocycles. The number of Topliss-reactive ketones (excluding diaryl/α,β-unsaturated/α-hetero) is 1. The van der Waals surface area contributed by atoms with E-state index >= 15 is 0 Å². The average Bonchev–Trinajstić information content (AvgIpc) is 3.27. The Labute approximate surface area is 365 Å². The Kier molecular flexibility index (Phi) is 16.2. The van der Waals surface area contributed by atoms with Gasteiger partial charge in [-0.05, 0) is 43.0 Å². The Morgan fingerprint density at radius 3 is 2.54 bits per heavy atom. The van der Waals surface area contributed by atoms with Crippen molar-refractivity contribution in [3.8, 4) is 29.4 Å². The molecule has 3 aliphatic heterocycles. The lowest BCUT2D eigenvalue weighted by atomic mass is 9.87. The van der Waals surface area contributed by atoms with E-state index in [1.165, 1.54) is 37.9 Å². The Bertz CT molecular complexity index is 1980. The first-order chi connectivity index (χ1) is 29.3. The van der Waals surface area contributed by atoms with Gasteiger partial charge in [0.25, 0.3) is 0 Å². The van der Waals surface area contributed by atoms with Gasteiger partial charge in [0.2, 0.25) is 0 Å². The number of alkyl carbamates (subject to hydrolysis) is 1. The van der Waals surface area contributed by atoms with Crippen molar-refractivity contribution in [2.75, 3.05) is 39.4 Å². The number of aliphatic hydroxyl groups excluding tert-OH is 1. The van der Waals surface area contributed by atoms with Crippen molar-refractivity contribution in [2.45, 2.75) is 119 Å². The number of rotatable bonds is 12. The van der Waals surface area contributed by atoms with E-state index < -0.39 is 78.5 Å². The Hall–Kier alpha value is -3.69. The van der Waals surface area contributed by atoms with Gasteiger partial charge in [-0.1, -0.05) is 67.5 Å². The summed E-state index contributed by atoms with van der Waals surface area (Å²) in [5.41, 5.74) is 1.25. The fourth-order valence-corrected chi connectivity index (χ4v) is 9.52. The number of benzene rings is 1. The van der Waals surface area contributed by atoms with E-state index in [0.29, 0.717) is 12.0 Å². The van der Waals surface area contributed by atoms with Gasteiger partial charge in [0.1, 0.15) is 30.1 Å². The number of phenolic OH excluding ortho intramolecular Hbond substituents is 1. The normalized spacial score (nSPS) is 34.9. The van der Waals surface area contributed by atoms with E-state index in [-0.39, 0.29) is 64.7 Å². The molecule has 1 aromatic carbocycles. The number of carbonyl (C=O) groups is 3. The van der Waals surface area contributed by atoms with Crippen molar-refractivity contribution in [3.05, 3.63) is 64.8 Å². The molecule has 5 aliphatic rings. The molecule has 0 saturated carbocycles. The molecule has 0 spiro atoms. The van der Waals surface area contributed by atoms with E-state index in [1.807, 2.05) is 13.2 Å². The van der Waals surface area contributed by atoms with Crippen LogP contribution < -0.4 is 10.6 Å². The summed E-state index contributed by atoms with van der Waals surface area (Å²) in [5.74, 6) is 11.7. The van der Waals surface area contributed by atoms with Gasteiger partial charge < -0.3 is 58.7 Å². The van der Waals surface area contributed by atoms with Gasteiger partial charge in [-0.15, -0.1) is 0 Å². The number of aromatic hydroxyl groups is 1. The van der Waals surface area contributed by atoms with Crippen LogP contribution in [-0.4, -0.2) is 139 Å². The molecule has 3 heterocycles. The zero-order valence-electron chi connectivity index (χ0n) is 35.2. The number of nitrogens with one attached hydrogen (secondary N) is 2. The minimum absolute atomic E-state index is 0.0896. The van der Waals surface area contributed by atoms with Gasteiger partial charge in [-0.3, -0.25) is 9.59 Å². The predicted molar refractivity (Wildman–Crippen MR) is 227 cm³/mol. The molecule has 3 saturated heterocycles. The van der Waals surface area contributed by atoms with Crippen molar-refractivity contribution in [2.24, 2.45) is 0 Å². The van der Waals surface area contributed by atoms with Crippen molar-refractivity contribution in [3.63, 3.8) is 0 Å². The fourth-order valence-electron chi connectivity index (χ4n) is 8.02. The number of thioether (sulfide) groups is 2. The summed E-state index contributed by atoms with van der Waals surface area (Å²) in [6.07, 6.45) is -2.51. The molecule has 6 rings (SSSR count). The van der Waals surface area contributed by atoms with Gasteiger partial charge in [-0.2, -0.15) is 11.8 Å². The third kappa shape index (κ3) is 10.9. The molecule has 10 unspecified atom stereocenters. The number of amides is 1. The number of hydrogen-bond acceptors (Lipinski definition) is 16. The van der Waals surface area contributed by atoms with Crippen LogP contribution in [0.15, 0.2) is 59.2 Å². The second-order valence-electron chi connectivity index (χ2n) is 15.4. The largest absolute Gasteiger partial charge is 0.508 e. The Morgan fingerprint density at radius 2 is 1.85 bits per heavy atom. The summed E-state index contributed by atoms with van der Waals surface area (Å²) < 4.78 is 50.4. The number of allylic oxidation sites excluding steroid dienone is 2. The number of methoxy groups -OCH3 is 2. The summed E-state index contributed by atoms with van der Waals surface area (Å²) in [4.78, 5) is 38.6. The van der Waals surface area contributed by atoms with E-state index in [4.69, 9.17) is 37.9 Å². The van der Waals surface area contributed by atoms with Crippen LogP contribution in [0, 0.1) is 23.7 Å². The molecule has 0 bridgehead atoms. The van der Waals surface area contributed by atoms with Crippen LogP contribution in [-0.2, 0) is 47.5 Å². The number of fused-ring (bicyclic) bond motifs is 1. The standard InChI is InChI=1S/C44H54N2O13S2/c1-24(2)45-31-22-54-36(21-35(31)52-5)58-39-40-44(60-7,23-55-41(59-40)27-14-16-28(48)17-15-27)25(3)56-42(39)57-34-13-11-9-8-10-12-30-37(34)29(18-19-61-26(4)47)32(49)20-33(50)38(30)46-43(51)53-6/h8-9,14-18,24-25,31-32,34-36,38-42,45,48-49H,19-23H2,1-7H3,(H,46,51)/b9-8-,29-18-/t25?,31?,32-,34-,35?,36?,38?,39?,40?,41?,42?,44?/m0/s1. The number of hydrogen-bond donors (Lipinski definition) is 4. The minimum atomic E-state index is -1.39. The quantitative estimate of drug-likeness (QED) is 0.222. The van der Waals surface area contributed by atoms with E-state index in [2.05, 4.69) is 48.2 Å². The highest BCUT2D eigenvalue weighted by molar-refractivity contribution is 8.13. The molecule has 15 nitrogen and oxygen atoms in total. The Balaban J connectivity index is 1.47. The third-order valence-electron chi connectivity index (χ3n) is 11.1. The molecular formula is C44H54N2O13S2.